The second-order valence-corrected chi connectivity index (χ2v) is 13.3. The van der Waals surface area contributed by atoms with Crippen molar-refractivity contribution in [3.63, 3.8) is 0 Å². The Kier molecular flexibility index (Phi) is 10.1. The molecule has 0 aliphatic carbocycles. The SMILES string of the molecule is CC(C)(CO)CCCc1cc(=O)cc(/C=C/c2cc(=O)cc(CCCC(C)(C)C(=O)O)[s+]2[O-])[s+]1[O-]. The molecule has 0 bridgehead atoms. The maximum absolute atomic E-state index is 13.0. The lowest BCUT2D eigenvalue weighted by atomic mass is 9.87. The molecular weight excluding hydrogens is 488 g/mol. The lowest BCUT2D eigenvalue weighted by Gasteiger charge is -2.20. The topological polar surface area (TPSA) is 138 Å². The first kappa shape index (κ1) is 29.1. The number of carboxylic acid groups (broad SMARTS) is 1. The fraction of sp³-hybridized carbons (Fsp3) is 0.500. The van der Waals surface area contributed by atoms with Crippen LogP contribution in [0.25, 0.3) is 12.2 Å². The van der Waals surface area contributed by atoms with Crippen molar-refractivity contribution in [3.8, 4) is 0 Å². The van der Waals surface area contributed by atoms with Crippen LogP contribution < -0.4 is 10.9 Å². The Balaban J connectivity index is 2.23. The van der Waals surface area contributed by atoms with Gasteiger partial charge < -0.3 is 19.3 Å². The lowest BCUT2D eigenvalue weighted by molar-refractivity contribution is -0.147. The average Bonchev–Trinajstić information content (AvgIpc) is 2.77. The number of carbonyl (C=O) groups is 1. The van der Waals surface area contributed by atoms with Crippen molar-refractivity contribution in [2.75, 3.05) is 6.61 Å². The molecule has 9 heteroatoms. The van der Waals surface area contributed by atoms with Gasteiger partial charge in [0.15, 0.2) is 30.4 Å². The van der Waals surface area contributed by atoms with Crippen LogP contribution in [0.3, 0.4) is 0 Å². The van der Waals surface area contributed by atoms with E-state index in [2.05, 4.69) is 0 Å². The fourth-order valence-corrected chi connectivity index (χ4v) is 6.08. The Hall–Kier alpha value is -2.17. The number of aryl methyl sites for hydroxylation is 2. The van der Waals surface area contributed by atoms with Gasteiger partial charge in [0.25, 0.3) is 0 Å². The van der Waals surface area contributed by atoms with Gasteiger partial charge in [-0.25, -0.2) is 0 Å². The number of carboxylic acids is 1. The van der Waals surface area contributed by atoms with Gasteiger partial charge >= 0.3 is 5.97 Å². The van der Waals surface area contributed by atoms with Crippen molar-refractivity contribution in [2.24, 2.45) is 10.8 Å². The van der Waals surface area contributed by atoms with E-state index >= 15 is 0 Å². The van der Waals surface area contributed by atoms with Crippen LogP contribution in [-0.4, -0.2) is 31.9 Å². The third kappa shape index (κ3) is 8.47. The highest BCUT2D eigenvalue weighted by Gasteiger charge is 2.27. The van der Waals surface area contributed by atoms with Gasteiger partial charge in [-0.1, -0.05) is 13.8 Å². The minimum absolute atomic E-state index is 0.0423. The van der Waals surface area contributed by atoms with E-state index in [4.69, 9.17) is 0 Å². The molecule has 2 atom stereocenters. The fourth-order valence-electron chi connectivity index (χ4n) is 3.54. The molecule has 0 aromatic carbocycles. The van der Waals surface area contributed by atoms with Crippen LogP contribution in [0.4, 0.5) is 0 Å². The molecular formula is C26H34O7S2. The Morgan fingerprint density at radius 1 is 0.857 bits per heavy atom. The second-order valence-electron chi connectivity index (χ2n) is 10.2. The van der Waals surface area contributed by atoms with Crippen LogP contribution in [0.15, 0.2) is 33.9 Å². The highest BCUT2D eigenvalue weighted by molar-refractivity contribution is 7.26. The number of aliphatic carboxylic acids is 1. The highest BCUT2D eigenvalue weighted by atomic mass is 32.2. The molecule has 0 aliphatic rings. The summed E-state index contributed by atoms with van der Waals surface area (Å²) >= 11 is 0. The third-order valence-corrected chi connectivity index (χ3v) is 8.96. The largest absolute Gasteiger partial charge is 0.590 e. The summed E-state index contributed by atoms with van der Waals surface area (Å²) < 4.78 is 25.9. The first-order valence-corrected chi connectivity index (χ1v) is 13.8. The van der Waals surface area contributed by atoms with E-state index in [9.17, 15) is 33.7 Å². The monoisotopic (exact) mass is 522 g/mol. The van der Waals surface area contributed by atoms with Gasteiger partial charge in [-0.2, -0.15) is 0 Å². The standard InChI is InChI=1S/C26H34O7S2/c1-25(2,17-27)11-5-7-20-13-18(28)15-22(34(20)32)9-10-23-16-19(29)14-21(35(23)33)8-6-12-26(3,4)24(30)31/h9-10,13-16,27H,5-8,11-12,17H2,1-4H3,(H,30,31)/b10-9+. The van der Waals surface area contributed by atoms with E-state index < -0.39 is 32.9 Å². The Morgan fingerprint density at radius 2 is 1.29 bits per heavy atom. The zero-order chi connectivity index (χ0) is 26.4. The van der Waals surface area contributed by atoms with E-state index in [0.29, 0.717) is 48.3 Å². The normalized spacial score (nSPS) is 13.5. The molecule has 2 N–H and O–H groups in total. The molecule has 192 valence electrons. The first-order valence-electron chi connectivity index (χ1n) is 11.5. The summed E-state index contributed by atoms with van der Waals surface area (Å²) in [4.78, 5) is 37.1. The smallest absolute Gasteiger partial charge is 0.309 e. The maximum Gasteiger partial charge on any atom is 0.309 e. The zero-order valence-electron chi connectivity index (χ0n) is 20.7. The molecule has 0 saturated carbocycles. The summed E-state index contributed by atoms with van der Waals surface area (Å²) in [5.41, 5.74) is -1.77. The molecule has 0 saturated heterocycles. The van der Waals surface area contributed by atoms with Gasteiger partial charge in [0.1, 0.15) is 0 Å². The Labute approximate surface area is 211 Å². The van der Waals surface area contributed by atoms with Crippen LogP contribution in [0.5, 0.6) is 0 Å². The van der Waals surface area contributed by atoms with Crippen molar-refractivity contribution in [1.82, 2.24) is 0 Å². The minimum atomic E-state index is -1.61. The van der Waals surface area contributed by atoms with Gasteiger partial charge in [0.2, 0.25) is 0 Å². The van der Waals surface area contributed by atoms with Crippen LogP contribution in [-0.2, 0) is 17.6 Å². The highest BCUT2D eigenvalue weighted by Crippen LogP contribution is 2.31. The van der Waals surface area contributed by atoms with Gasteiger partial charge in [0, 0.05) is 55.9 Å². The molecule has 0 spiro atoms. The molecule has 2 unspecified atom stereocenters. The molecule has 0 aliphatic heterocycles. The summed E-state index contributed by atoms with van der Waals surface area (Å²) in [5.74, 6) is -0.912. The van der Waals surface area contributed by atoms with Crippen molar-refractivity contribution >= 4 is 39.6 Å². The molecule has 35 heavy (non-hydrogen) atoms. The number of aliphatic hydroxyl groups is 1. The third-order valence-electron chi connectivity index (χ3n) is 6.00. The minimum Gasteiger partial charge on any atom is -0.590 e. The maximum atomic E-state index is 13.0. The zero-order valence-corrected chi connectivity index (χ0v) is 22.3. The predicted octanol–water partition coefficient (Wildman–Crippen LogP) is 4.81. The van der Waals surface area contributed by atoms with Crippen molar-refractivity contribution in [3.05, 3.63) is 64.2 Å². The summed E-state index contributed by atoms with van der Waals surface area (Å²) in [5, 5.41) is 18.6. The second kappa shape index (κ2) is 12.2. The molecule has 0 amide bonds. The molecule has 2 aromatic heterocycles. The number of aliphatic hydroxyl groups excluding tert-OH is 1. The van der Waals surface area contributed by atoms with E-state index in [1.807, 2.05) is 13.8 Å². The molecule has 7 nitrogen and oxygen atoms in total. The quantitative estimate of drug-likeness (QED) is 0.382. The van der Waals surface area contributed by atoms with Gasteiger partial charge in [-0.05, 0) is 66.4 Å². The van der Waals surface area contributed by atoms with Crippen molar-refractivity contribution in [1.29, 1.82) is 0 Å². The van der Waals surface area contributed by atoms with E-state index in [-0.39, 0.29) is 32.6 Å². The summed E-state index contributed by atoms with van der Waals surface area (Å²) in [7, 11) is -3.16. The van der Waals surface area contributed by atoms with Gasteiger partial charge in [0.05, 0.1) is 5.41 Å². The number of hydrogen-bond donors (Lipinski definition) is 2. The van der Waals surface area contributed by atoms with E-state index in [0.717, 1.165) is 0 Å². The Bertz CT molecular complexity index is 1190. The Morgan fingerprint density at radius 3 is 1.69 bits per heavy atom. The van der Waals surface area contributed by atoms with Crippen molar-refractivity contribution < 1.29 is 24.1 Å². The predicted molar refractivity (Wildman–Crippen MR) is 140 cm³/mol. The molecule has 0 radical (unpaired) electrons. The summed E-state index contributed by atoms with van der Waals surface area (Å²) in [6.45, 7) is 7.16. The first-order chi connectivity index (χ1) is 16.3. The molecule has 0 fully saturated rings. The van der Waals surface area contributed by atoms with E-state index in [1.54, 1.807) is 13.8 Å². The summed E-state index contributed by atoms with van der Waals surface area (Å²) in [6, 6.07) is 5.21. The molecule has 2 rings (SSSR count). The molecule has 2 heterocycles. The van der Waals surface area contributed by atoms with Crippen LogP contribution >= 0.6 is 21.5 Å². The number of hydrogen-bond acceptors (Lipinski definition) is 6. The van der Waals surface area contributed by atoms with Crippen LogP contribution in [0, 0.1) is 10.8 Å². The van der Waals surface area contributed by atoms with Crippen molar-refractivity contribution in [2.45, 2.75) is 66.2 Å². The van der Waals surface area contributed by atoms with Gasteiger partial charge in [-0.3, -0.25) is 14.4 Å². The van der Waals surface area contributed by atoms with Crippen LogP contribution in [0.2, 0.25) is 0 Å². The van der Waals surface area contributed by atoms with E-state index in [1.165, 1.54) is 36.4 Å². The van der Waals surface area contributed by atoms with Crippen LogP contribution in [0.1, 0.15) is 72.9 Å². The molecule has 2 aromatic rings. The summed E-state index contributed by atoms with van der Waals surface area (Å²) in [6.07, 6.45) is 5.93. The average molecular weight is 523 g/mol. The number of rotatable bonds is 12. The van der Waals surface area contributed by atoms with Gasteiger partial charge in [-0.15, -0.1) is 0 Å². The lowest BCUT2D eigenvalue weighted by Crippen LogP contribution is -2.23.